The van der Waals surface area contributed by atoms with Crippen molar-refractivity contribution >= 4 is 45.4 Å². The van der Waals surface area contributed by atoms with Crippen molar-refractivity contribution in [1.29, 1.82) is 0 Å². The summed E-state index contributed by atoms with van der Waals surface area (Å²) in [5, 5.41) is 5.42. The number of ether oxygens (including phenoxy) is 1. The molecule has 0 bridgehead atoms. The fraction of sp³-hybridized carbons (Fsp3) is 0.474. The molecule has 8 nitrogen and oxygen atoms in total. The van der Waals surface area contributed by atoms with Crippen LogP contribution in [0.15, 0.2) is 28.7 Å². The fourth-order valence-electron chi connectivity index (χ4n) is 3.54. The van der Waals surface area contributed by atoms with Gasteiger partial charge in [-0.05, 0) is 40.9 Å². The molecule has 1 spiro atoms. The van der Waals surface area contributed by atoms with Gasteiger partial charge in [-0.15, -0.1) is 0 Å². The largest absolute Gasteiger partial charge is 0.456 e. The lowest BCUT2D eigenvalue weighted by molar-refractivity contribution is -0.147. The van der Waals surface area contributed by atoms with Crippen LogP contribution in [0.5, 0.6) is 0 Å². The number of rotatable bonds is 6. The molecule has 150 valence electrons. The third kappa shape index (κ3) is 4.52. The first-order valence-corrected chi connectivity index (χ1v) is 10.0. The van der Waals surface area contributed by atoms with Crippen molar-refractivity contribution in [2.24, 2.45) is 0 Å². The Hall–Kier alpha value is -2.42. The van der Waals surface area contributed by atoms with E-state index in [1.165, 1.54) is 0 Å². The summed E-state index contributed by atoms with van der Waals surface area (Å²) in [7, 11) is 0. The normalized spacial score (nSPS) is 18.1. The molecule has 3 rings (SSSR count). The van der Waals surface area contributed by atoms with Gasteiger partial charge in [0.2, 0.25) is 0 Å². The number of amides is 4. The SMILES string of the molecule is O=C(COC(=O)CCN1C(=O)NC2(CCCCC2)C1=O)Nc1ccccc1Br. The fourth-order valence-corrected chi connectivity index (χ4v) is 3.93. The van der Waals surface area contributed by atoms with Crippen LogP contribution in [0.4, 0.5) is 10.5 Å². The molecule has 9 heteroatoms. The first kappa shape index (κ1) is 20.3. The molecule has 0 unspecified atom stereocenters. The quantitative estimate of drug-likeness (QED) is 0.510. The predicted molar refractivity (Wildman–Crippen MR) is 104 cm³/mol. The van der Waals surface area contributed by atoms with E-state index in [4.69, 9.17) is 4.74 Å². The van der Waals surface area contributed by atoms with Crippen molar-refractivity contribution in [2.45, 2.75) is 44.1 Å². The summed E-state index contributed by atoms with van der Waals surface area (Å²) in [4.78, 5) is 49.7. The average molecular weight is 452 g/mol. The highest BCUT2D eigenvalue weighted by Gasteiger charge is 2.51. The van der Waals surface area contributed by atoms with Crippen molar-refractivity contribution in [3.8, 4) is 0 Å². The lowest BCUT2D eigenvalue weighted by atomic mass is 9.82. The highest BCUT2D eigenvalue weighted by molar-refractivity contribution is 9.10. The topological polar surface area (TPSA) is 105 Å². The number of hydrogen-bond acceptors (Lipinski definition) is 5. The molecule has 1 saturated carbocycles. The van der Waals surface area contributed by atoms with Gasteiger partial charge in [0.25, 0.3) is 11.8 Å². The number of benzene rings is 1. The zero-order valence-electron chi connectivity index (χ0n) is 15.3. The van der Waals surface area contributed by atoms with Gasteiger partial charge in [-0.3, -0.25) is 19.3 Å². The van der Waals surface area contributed by atoms with Crippen molar-refractivity contribution in [2.75, 3.05) is 18.5 Å². The van der Waals surface area contributed by atoms with E-state index in [-0.39, 0.29) is 18.9 Å². The van der Waals surface area contributed by atoms with Gasteiger partial charge < -0.3 is 15.4 Å². The Bertz CT molecular complexity index is 792. The molecule has 2 aliphatic rings. The van der Waals surface area contributed by atoms with E-state index < -0.39 is 30.1 Å². The minimum Gasteiger partial charge on any atom is -0.456 e. The van der Waals surface area contributed by atoms with Crippen LogP contribution in [0.25, 0.3) is 0 Å². The number of carbonyl (C=O) groups is 4. The maximum Gasteiger partial charge on any atom is 0.325 e. The number of carbonyl (C=O) groups excluding carboxylic acids is 4. The Morgan fingerprint density at radius 1 is 1.18 bits per heavy atom. The summed E-state index contributed by atoms with van der Waals surface area (Å²) in [6.45, 7) is -0.499. The van der Waals surface area contributed by atoms with Crippen LogP contribution in [0.2, 0.25) is 0 Å². The first-order chi connectivity index (χ1) is 13.4. The van der Waals surface area contributed by atoms with Crippen molar-refractivity contribution in [1.82, 2.24) is 10.2 Å². The van der Waals surface area contributed by atoms with Gasteiger partial charge in [-0.2, -0.15) is 0 Å². The minimum absolute atomic E-state index is 0.0584. The molecular weight excluding hydrogens is 430 g/mol. The second kappa shape index (κ2) is 8.72. The number of anilines is 1. The smallest absolute Gasteiger partial charge is 0.325 e. The van der Waals surface area contributed by atoms with Crippen LogP contribution in [0.3, 0.4) is 0 Å². The average Bonchev–Trinajstić information content (AvgIpc) is 2.90. The molecule has 0 aromatic heterocycles. The first-order valence-electron chi connectivity index (χ1n) is 9.25. The molecule has 1 aromatic carbocycles. The van der Waals surface area contributed by atoms with Crippen LogP contribution in [-0.2, 0) is 19.1 Å². The molecule has 0 atom stereocenters. The van der Waals surface area contributed by atoms with E-state index in [2.05, 4.69) is 26.6 Å². The highest BCUT2D eigenvalue weighted by Crippen LogP contribution is 2.33. The lowest BCUT2D eigenvalue weighted by Crippen LogP contribution is -2.48. The number of urea groups is 1. The number of esters is 1. The third-order valence-electron chi connectivity index (χ3n) is 5.00. The number of imide groups is 1. The molecule has 4 amide bonds. The monoisotopic (exact) mass is 451 g/mol. The van der Waals surface area contributed by atoms with E-state index >= 15 is 0 Å². The van der Waals surface area contributed by atoms with Gasteiger partial charge in [0, 0.05) is 11.0 Å². The summed E-state index contributed by atoms with van der Waals surface area (Å²) in [6.07, 6.45) is 3.96. The standard InChI is InChI=1S/C19H22BrN3O5/c20-13-6-2-3-7-14(13)21-15(24)12-28-16(25)8-11-23-17(26)19(22-18(23)27)9-4-1-5-10-19/h2-3,6-7H,1,4-5,8-12H2,(H,21,24)(H,22,27). The predicted octanol–water partition coefficient (Wildman–Crippen LogP) is 2.58. The van der Waals surface area contributed by atoms with Gasteiger partial charge in [-0.1, -0.05) is 31.4 Å². The maximum absolute atomic E-state index is 12.6. The zero-order valence-corrected chi connectivity index (χ0v) is 16.9. The van der Waals surface area contributed by atoms with Crippen LogP contribution >= 0.6 is 15.9 Å². The number of hydrogen-bond donors (Lipinski definition) is 2. The Morgan fingerprint density at radius 3 is 2.61 bits per heavy atom. The van der Waals surface area contributed by atoms with Crippen LogP contribution in [-0.4, -0.2) is 47.4 Å². The van der Waals surface area contributed by atoms with E-state index in [9.17, 15) is 19.2 Å². The molecule has 1 aliphatic heterocycles. The third-order valence-corrected chi connectivity index (χ3v) is 5.70. The summed E-state index contributed by atoms with van der Waals surface area (Å²) >= 11 is 3.31. The highest BCUT2D eigenvalue weighted by atomic mass is 79.9. The minimum atomic E-state index is -0.803. The van der Waals surface area contributed by atoms with Gasteiger partial charge in [0.15, 0.2) is 6.61 Å². The molecule has 1 heterocycles. The second-order valence-electron chi connectivity index (χ2n) is 6.97. The Morgan fingerprint density at radius 2 is 1.89 bits per heavy atom. The van der Waals surface area contributed by atoms with E-state index in [0.717, 1.165) is 24.2 Å². The van der Waals surface area contributed by atoms with Gasteiger partial charge in [0.05, 0.1) is 12.1 Å². The van der Waals surface area contributed by atoms with E-state index in [1.807, 2.05) is 6.07 Å². The van der Waals surface area contributed by atoms with E-state index in [1.54, 1.807) is 18.2 Å². The molecule has 0 radical (unpaired) electrons. The van der Waals surface area contributed by atoms with Crippen LogP contribution in [0, 0.1) is 0 Å². The molecule has 28 heavy (non-hydrogen) atoms. The zero-order chi connectivity index (χ0) is 20.1. The Labute approximate surface area is 171 Å². The Balaban J connectivity index is 1.44. The van der Waals surface area contributed by atoms with Gasteiger partial charge >= 0.3 is 12.0 Å². The van der Waals surface area contributed by atoms with Gasteiger partial charge in [-0.25, -0.2) is 4.79 Å². The van der Waals surface area contributed by atoms with Crippen molar-refractivity contribution in [3.63, 3.8) is 0 Å². The van der Waals surface area contributed by atoms with Crippen LogP contribution in [0.1, 0.15) is 38.5 Å². The number of nitrogens with one attached hydrogen (secondary N) is 2. The summed E-state index contributed by atoms with van der Waals surface area (Å²) in [5.41, 5.74) is -0.233. The molecule has 1 saturated heterocycles. The number of para-hydroxylation sites is 1. The lowest BCUT2D eigenvalue weighted by Gasteiger charge is -2.30. The summed E-state index contributed by atoms with van der Waals surface area (Å²) in [5.74, 6) is -1.39. The molecule has 2 fully saturated rings. The molecule has 1 aliphatic carbocycles. The van der Waals surface area contributed by atoms with Crippen LogP contribution < -0.4 is 10.6 Å². The summed E-state index contributed by atoms with van der Waals surface area (Å²) < 4.78 is 5.66. The van der Waals surface area contributed by atoms with Crippen molar-refractivity contribution < 1.29 is 23.9 Å². The number of halogens is 1. The van der Waals surface area contributed by atoms with Crippen molar-refractivity contribution in [3.05, 3.63) is 28.7 Å². The van der Waals surface area contributed by atoms with E-state index in [0.29, 0.717) is 23.0 Å². The molecular formula is C19H22BrN3O5. The number of nitrogens with zero attached hydrogens (tertiary/aromatic N) is 1. The molecule has 1 aromatic rings. The summed E-state index contributed by atoms with van der Waals surface area (Å²) in [6, 6.07) is 6.60. The molecule has 2 N–H and O–H groups in total. The maximum atomic E-state index is 12.6. The van der Waals surface area contributed by atoms with Gasteiger partial charge in [0.1, 0.15) is 5.54 Å². The second-order valence-corrected chi connectivity index (χ2v) is 7.82. The Kier molecular flexibility index (Phi) is 6.33.